The molecule has 1 aliphatic rings. The van der Waals surface area contributed by atoms with Gasteiger partial charge in [-0.05, 0) is 25.7 Å². The highest BCUT2D eigenvalue weighted by Crippen LogP contribution is 2.44. The van der Waals surface area contributed by atoms with Gasteiger partial charge >= 0.3 is 0 Å². The number of hydrogen-bond acceptors (Lipinski definition) is 5. The molecule has 1 saturated heterocycles. The van der Waals surface area contributed by atoms with Gasteiger partial charge in [-0.15, -0.1) is 0 Å². The molecule has 5 heteroatoms. The summed E-state index contributed by atoms with van der Waals surface area (Å²) < 4.78 is 5.70. The number of hydrogen-bond donors (Lipinski definition) is 2. The molecule has 0 amide bonds. The number of rotatable bonds is 17. The fourth-order valence-corrected chi connectivity index (χ4v) is 5.11. The predicted molar refractivity (Wildman–Crippen MR) is 122 cm³/mol. The third kappa shape index (κ3) is 7.17. The lowest BCUT2D eigenvalue weighted by Gasteiger charge is -2.60. The molecule has 1 fully saturated rings. The maximum atomic E-state index is 12.5. The van der Waals surface area contributed by atoms with E-state index >= 15 is 0 Å². The molecule has 1 rings (SSSR count). The third-order valence-corrected chi connectivity index (χ3v) is 6.72. The van der Waals surface area contributed by atoms with Crippen LogP contribution < -0.4 is 0 Å². The van der Waals surface area contributed by atoms with Crippen LogP contribution in [0.5, 0.6) is 0 Å². The fourth-order valence-electron chi connectivity index (χ4n) is 5.11. The van der Waals surface area contributed by atoms with E-state index in [4.69, 9.17) is 4.74 Å². The quantitative estimate of drug-likeness (QED) is 0.369. The maximum absolute atomic E-state index is 12.5. The first kappa shape index (κ1) is 26.8. The molecule has 0 aliphatic carbocycles. The highest BCUT2D eigenvalue weighted by Gasteiger charge is 2.56. The van der Waals surface area contributed by atoms with Crippen molar-refractivity contribution in [2.45, 2.75) is 110 Å². The summed E-state index contributed by atoms with van der Waals surface area (Å²) in [6.07, 6.45) is 11.3. The van der Waals surface area contributed by atoms with E-state index in [2.05, 4.69) is 37.5 Å². The Labute approximate surface area is 180 Å². The molecule has 2 N–H and O–H groups in total. The van der Waals surface area contributed by atoms with Crippen LogP contribution in [0.15, 0.2) is 0 Å². The molecule has 0 aromatic carbocycles. The predicted octanol–water partition coefficient (Wildman–Crippen LogP) is 4.41. The largest absolute Gasteiger partial charge is 0.395 e. The molecule has 1 aliphatic heterocycles. The van der Waals surface area contributed by atoms with Crippen LogP contribution in [0.4, 0.5) is 0 Å². The highest BCUT2D eigenvalue weighted by atomic mass is 16.5. The van der Waals surface area contributed by atoms with Gasteiger partial charge in [-0.25, -0.2) is 0 Å². The molecule has 1 atom stereocenters. The summed E-state index contributed by atoms with van der Waals surface area (Å²) in [5.74, 6) is 0. The van der Waals surface area contributed by atoms with Crippen LogP contribution in [-0.4, -0.2) is 77.3 Å². The second-order valence-corrected chi connectivity index (χ2v) is 8.82. The van der Waals surface area contributed by atoms with Gasteiger partial charge in [0.15, 0.2) is 0 Å². The minimum atomic E-state index is -0.769. The van der Waals surface area contributed by atoms with Crippen molar-refractivity contribution in [1.82, 2.24) is 9.80 Å². The van der Waals surface area contributed by atoms with Gasteiger partial charge in [0.2, 0.25) is 0 Å². The van der Waals surface area contributed by atoms with Crippen LogP contribution in [0, 0.1) is 0 Å². The van der Waals surface area contributed by atoms with Crippen molar-refractivity contribution in [2.75, 3.05) is 46.0 Å². The standard InChI is InChI=1S/C24H50N2O3/c1-5-9-13-23(28,14-10-6-2)24(15-11-7-3,26-18-21-29-22-19-26)25(17-20-27)16-12-8-4/h27-28H,5-22H2,1-4H3. The number of ether oxygens (including phenoxy) is 1. The van der Waals surface area contributed by atoms with Gasteiger partial charge in [0.1, 0.15) is 5.66 Å². The first-order valence-corrected chi connectivity index (χ1v) is 12.5. The van der Waals surface area contributed by atoms with Gasteiger partial charge in [-0.1, -0.05) is 72.6 Å². The van der Waals surface area contributed by atoms with Crippen molar-refractivity contribution in [3.8, 4) is 0 Å². The van der Waals surface area contributed by atoms with E-state index in [0.717, 1.165) is 103 Å². The summed E-state index contributed by atoms with van der Waals surface area (Å²) in [5.41, 5.74) is -1.19. The zero-order valence-corrected chi connectivity index (χ0v) is 19.9. The lowest BCUT2D eigenvalue weighted by Crippen LogP contribution is -2.74. The summed E-state index contributed by atoms with van der Waals surface area (Å²) in [6, 6.07) is 0. The van der Waals surface area contributed by atoms with E-state index < -0.39 is 11.3 Å². The van der Waals surface area contributed by atoms with Gasteiger partial charge in [0.25, 0.3) is 0 Å². The molecule has 1 unspecified atom stereocenters. The van der Waals surface area contributed by atoms with E-state index in [1.54, 1.807) is 0 Å². The van der Waals surface area contributed by atoms with Crippen molar-refractivity contribution < 1.29 is 14.9 Å². The van der Waals surface area contributed by atoms with Crippen molar-refractivity contribution in [3.63, 3.8) is 0 Å². The molecule has 0 saturated carbocycles. The number of aliphatic hydroxyl groups excluding tert-OH is 1. The number of morpholine rings is 1. The van der Waals surface area contributed by atoms with Crippen LogP contribution >= 0.6 is 0 Å². The van der Waals surface area contributed by atoms with Gasteiger partial charge in [0.05, 0.1) is 25.4 Å². The van der Waals surface area contributed by atoms with Crippen LogP contribution in [0.2, 0.25) is 0 Å². The van der Waals surface area contributed by atoms with E-state index in [9.17, 15) is 10.2 Å². The Morgan fingerprint density at radius 3 is 1.79 bits per heavy atom. The summed E-state index contributed by atoms with van der Waals surface area (Å²) in [5, 5.41) is 22.4. The summed E-state index contributed by atoms with van der Waals surface area (Å²) >= 11 is 0. The zero-order chi connectivity index (χ0) is 21.6. The van der Waals surface area contributed by atoms with Gasteiger partial charge in [-0.2, -0.15) is 0 Å². The van der Waals surface area contributed by atoms with Crippen LogP contribution in [0.1, 0.15) is 98.3 Å². The Morgan fingerprint density at radius 2 is 1.31 bits per heavy atom. The second-order valence-electron chi connectivity index (χ2n) is 8.82. The first-order valence-electron chi connectivity index (χ1n) is 12.5. The minimum Gasteiger partial charge on any atom is -0.395 e. The smallest absolute Gasteiger partial charge is 0.104 e. The normalized spacial score (nSPS) is 18.3. The van der Waals surface area contributed by atoms with Crippen LogP contribution in [0.25, 0.3) is 0 Å². The molecule has 1 heterocycles. The summed E-state index contributed by atoms with van der Waals surface area (Å²) in [4.78, 5) is 4.99. The fraction of sp³-hybridized carbons (Fsp3) is 1.00. The SMILES string of the molecule is CCCCN(CCO)C(CCCC)(N1CCOCC1)C(O)(CCCC)CCCC. The van der Waals surface area contributed by atoms with Crippen molar-refractivity contribution in [1.29, 1.82) is 0 Å². The van der Waals surface area contributed by atoms with E-state index in [-0.39, 0.29) is 6.61 Å². The molecule has 5 nitrogen and oxygen atoms in total. The van der Waals surface area contributed by atoms with E-state index in [1.165, 1.54) is 0 Å². The molecule has 29 heavy (non-hydrogen) atoms. The maximum Gasteiger partial charge on any atom is 0.104 e. The van der Waals surface area contributed by atoms with Gasteiger partial charge in [0, 0.05) is 26.2 Å². The first-order chi connectivity index (χ1) is 14.1. The monoisotopic (exact) mass is 414 g/mol. The summed E-state index contributed by atoms with van der Waals surface area (Å²) in [6.45, 7) is 13.8. The van der Waals surface area contributed by atoms with Crippen molar-refractivity contribution >= 4 is 0 Å². The molecular formula is C24H50N2O3. The Bertz CT molecular complexity index is 394. The van der Waals surface area contributed by atoms with Crippen LogP contribution in [-0.2, 0) is 4.74 Å². The molecule has 0 aromatic heterocycles. The van der Waals surface area contributed by atoms with E-state index in [1.807, 2.05) is 0 Å². The summed E-state index contributed by atoms with van der Waals surface area (Å²) in [7, 11) is 0. The number of aliphatic hydroxyl groups is 2. The molecule has 0 aromatic rings. The molecule has 0 radical (unpaired) electrons. The molecule has 0 bridgehead atoms. The number of nitrogens with zero attached hydrogens (tertiary/aromatic N) is 2. The van der Waals surface area contributed by atoms with Crippen molar-refractivity contribution in [2.24, 2.45) is 0 Å². The number of unbranched alkanes of at least 4 members (excludes halogenated alkanes) is 4. The molecule has 174 valence electrons. The Balaban J connectivity index is 3.50. The average Bonchev–Trinajstić information content (AvgIpc) is 2.75. The third-order valence-electron chi connectivity index (χ3n) is 6.72. The lowest BCUT2D eigenvalue weighted by atomic mass is 9.73. The Morgan fingerprint density at radius 1 is 0.793 bits per heavy atom. The lowest BCUT2D eigenvalue weighted by molar-refractivity contribution is -0.222. The van der Waals surface area contributed by atoms with E-state index in [0.29, 0.717) is 6.54 Å². The topological polar surface area (TPSA) is 56.2 Å². The zero-order valence-electron chi connectivity index (χ0n) is 19.9. The Hall–Kier alpha value is -0.200. The van der Waals surface area contributed by atoms with Gasteiger partial charge in [-0.3, -0.25) is 9.80 Å². The molecular weight excluding hydrogens is 364 g/mol. The average molecular weight is 415 g/mol. The minimum absolute atomic E-state index is 0.138. The van der Waals surface area contributed by atoms with Gasteiger partial charge < -0.3 is 14.9 Å². The highest BCUT2D eigenvalue weighted by molar-refractivity contribution is 5.07. The molecule has 0 spiro atoms. The van der Waals surface area contributed by atoms with Crippen LogP contribution in [0.3, 0.4) is 0 Å². The van der Waals surface area contributed by atoms with Crippen molar-refractivity contribution in [3.05, 3.63) is 0 Å². The second kappa shape index (κ2) is 14.7. The Kier molecular flexibility index (Phi) is 13.6.